The van der Waals surface area contributed by atoms with Crippen LogP contribution in [-0.4, -0.2) is 17.3 Å². The fourth-order valence-electron chi connectivity index (χ4n) is 1.73. The molecule has 100 valence electrons. The van der Waals surface area contributed by atoms with Gasteiger partial charge in [-0.25, -0.2) is 0 Å². The molecule has 1 atom stereocenters. The summed E-state index contributed by atoms with van der Waals surface area (Å²) in [5, 5.41) is 3.08. The summed E-state index contributed by atoms with van der Waals surface area (Å²) in [7, 11) is 0. The average molecular weight is 333 g/mol. The lowest BCUT2D eigenvalue weighted by molar-refractivity contribution is 0.0901. The smallest absolute Gasteiger partial charge is 0.252 e. The Morgan fingerprint density at radius 3 is 2.72 bits per heavy atom. The van der Waals surface area contributed by atoms with E-state index in [2.05, 4.69) is 28.2 Å². The number of carbonyl (C=O) groups excluding carboxylic acids is 1. The minimum absolute atomic E-state index is 0.0386. The fraction of sp³-hybridized carbons (Fsp3) is 0.500. The van der Waals surface area contributed by atoms with Crippen molar-refractivity contribution in [1.82, 2.24) is 5.32 Å². The maximum absolute atomic E-state index is 12.3. The van der Waals surface area contributed by atoms with Crippen molar-refractivity contribution in [2.24, 2.45) is 0 Å². The fourth-order valence-corrected chi connectivity index (χ4v) is 2.51. The zero-order chi connectivity index (χ0) is 13.8. The van der Waals surface area contributed by atoms with Crippen LogP contribution in [0.3, 0.4) is 0 Å². The zero-order valence-electron chi connectivity index (χ0n) is 11.0. The molecule has 1 rings (SSSR count). The maximum Gasteiger partial charge on any atom is 0.252 e. The van der Waals surface area contributed by atoms with Crippen molar-refractivity contribution in [3.05, 3.63) is 33.8 Å². The van der Waals surface area contributed by atoms with E-state index in [1.807, 2.05) is 32.0 Å². The highest BCUT2D eigenvalue weighted by Gasteiger charge is 2.24. The number of benzene rings is 1. The molecule has 1 aromatic carbocycles. The maximum atomic E-state index is 12.3. The molecule has 0 aliphatic carbocycles. The molecule has 0 saturated carbocycles. The van der Waals surface area contributed by atoms with Crippen molar-refractivity contribution in [3.63, 3.8) is 0 Å². The van der Waals surface area contributed by atoms with Gasteiger partial charge < -0.3 is 5.32 Å². The molecule has 1 unspecified atom stereocenters. The molecular weight excluding hydrogens is 314 g/mol. The standard InChI is InChI=1S/C14H19BrClNO/c1-4-14(3,8-9-16)17-13(18)11-6-5-7-12(15)10(11)2/h5-7H,4,8-9H2,1-3H3,(H,17,18). The minimum atomic E-state index is -0.242. The molecule has 1 aromatic rings. The summed E-state index contributed by atoms with van der Waals surface area (Å²) in [5.74, 6) is 0.505. The van der Waals surface area contributed by atoms with Crippen LogP contribution in [0.1, 0.15) is 42.6 Å². The quantitative estimate of drug-likeness (QED) is 0.801. The Labute approximate surface area is 122 Å². The highest BCUT2D eigenvalue weighted by Crippen LogP contribution is 2.21. The van der Waals surface area contributed by atoms with Gasteiger partial charge in [-0.2, -0.15) is 0 Å². The molecule has 0 spiro atoms. The molecule has 0 saturated heterocycles. The molecular formula is C14H19BrClNO. The summed E-state index contributed by atoms with van der Waals surface area (Å²) in [6.45, 7) is 6.02. The highest BCUT2D eigenvalue weighted by molar-refractivity contribution is 9.10. The van der Waals surface area contributed by atoms with Crippen LogP contribution in [0.4, 0.5) is 0 Å². The van der Waals surface area contributed by atoms with E-state index in [1.165, 1.54) is 0 Å². The third-order valence-electron chi connectivity index (χ3n) is 3.35. The van der Waals surface area contributed by atoms with Gasteiger partial charge in [-0.1, -0.05) is 28.9 Å². The summed E-state index contributed by atoms with van der Waals surface area (Å²) in [5.41, 5.74) is 1.42. The van der Waals surface area contributed by atoms with Gasteiger partial charge in [0.2, 0.25) is 0 Å². The number of carbonyl (C=O) groups is 1. The van der Waals surface area contributed by atoms with Gasteiger partial charge in [0.15, 0.2) is 0 Å². The Kier molecular flexibility index (Phi) is 5.67. The Morgan fingerprint density at radius 1 is 1.50 bits per heavy atom. The number of amides is 1. The van der Waals surface area contributed by atoms with E-state index in [0.29, 0.717) is 11.4 Å². The van der Waals surface area contributed by atoms with Crippen molar-refractivity contribution < 1.29 is 4.79 Å². The van der Waals surface area contributed by atoms with Crippen LogP contribution < -0.4 is 5.32 Å². The Hall–Kier alpha value is -0.540. The van der Waals surface area contributed by atoms with Crippen molar-refractivity contribution in [3.8, 4) is 0 Å². The first-order chi connectivity index (χ1) is 8.43. The van der Waals surface area contributed by atoms with E-state index in [4.69, 9.17) is 11.6 Å². The number of halogens is 2. The van der Waals surface area contributed by atoms with Crippen LogP contribution >= 0.6 is 27.5 Å². The van der Waals surface area contributed by atoms with Gasteiger partial charge in [0.05, 0.1) is 0 Å². The van der Waals surface area contributed by atoms with E-state index < -0.39 is 0 Å². The highest BCUT2D eigenvalue weighted by atomic mass is 79.9. The minimum Gasteiger partial charge on any atom is -0.347 e. The second-order valence-electron chi connectivity index (χ2n) is 4.72. The van der Waals surface area contributed by atoms with Crippen molar-refractivity contribution in [2.75, 3.05) is 5.88 Å². The third kappa shape index (κ3) is 3.72. The number of nitrogens with one attached hydrogen (secondary N) is 1. The number of hydrogen-bond acceptors (Lipinski definition) is 1. The lowest BCUT2D eigenvalue weighted by atomic mass is 9.94. The molecule has 0 bridgehead atoms. The predicted molar refractivity (Wildman–Crippen MR) is 80.4 cm³/mol. The van der Waals surface area contributed by atoms with Gasteiger partial charge in [0, 0.05) is 21.5 Å². The normalized spacial score (nSPS) is 14.1. The van der Waals surface area contributed by atoms with E-state index in [9.17, 15) is 4.79 Å². The van der Waals surface area contributed by atoms with Crippen molar-refractivity contribution >= 4 is 33.4 Å². The molecule has 0 aliphatic heterocycles. The summed E-state index contributed by atoms with van der Waals surface area (Å²) >= 11 is 9.23. The summed E-state index contributed by atoms with van der Waals surface area (Å²) in [6, 6.07) is 5.65. The lowest BCUT2D eigenvalue weighted by Crippen LogP contribution is -2.46. The van der Waals surface area contributed by atoms with Crippen LogP contribution in [0.2, 0.25) is 0 Å². The Morgan fingerprint density at radius 2 is 2.17 bits per heavy atom. The predicted octanol–water partition coefficient (Wildman–Crippen LogP) is 4.28. The molecule has 18 heavy (non-hydrogen) atoms. The number of alkyl halides is 1. The summed E-state index contributed by atoms with van der Waals surface area (Å²) in [6.07, 6.45) is 1.63. The lowest BCUT2D eigenvalue weighted by Gasteiger charge is -2.29. The summed E-state index contributed by atoms with van der Waals surface area (Å²) in [4.78, 5) is 12.3. The van der Waals surface area contributed by atoms with E-state index in [1.54, 1.807) is 0 Å². The van der Waals surface area contributed by atoms with Crippen LogP contribution in [0.15, 0.2) is 22.7 Å². The third-order valence-corrected chi connectivity index (χ3v) is 4.40. The molecule has 4 heteroatoms. The van der Waals surface area contributed by atoms with E-state index in [-0.39, 0.29) is 11.4 Å². The Bertz CT molecular complexity index is 436. The van der Waals surface area contributed by atoms with Crippen LogP contribution in [0, 0.1) is 6.92 Å². The van der Waals surface area contributed by atoms with Gasteiger partial charge >= 0.3 is 0 Å². The second kappa shape index (κ2) is 6.58. The van der Waals surface area contributed by atoms with Gasteiger partial charge in [-0.05, 0) is 44.4 Å². The first-order valence-electron chi connectivity index (χ1n) is 6.07. The molecule has 2 nitrogen and oxygen atoms in total. The number of rotatable bonds is 5. The molecule has 0 fully saturated rings. The molecule has 0 aromatic heterocycles. The van der Waals surface area contributed by atoms with Gasteiger partial charge in [0.25, 0.3) is 5.91 Å². The van der Waals surface area contributed by atoms with Gasteiger partial charge in [-0.3, -0.25) is 4.79 Å². The molecule has 0 aliphatic rings. The summed E-state index contributed by atoms with van der Waals surface area (Å²) < 4.78 is 0.950. The van der Waals surface area contributed by atoms with Crippen molar-refractivity contribution in [1.29, 1.82) is 0 Å². The number of hydrogen-bond donors (Lipinski definition) is 1. The van der Waals surface area contributed by atoms with E-state index in [0.717, 1.165) is 22.9 Å². The topological polar surface area (TPSA) is 29.1 Å². The zero-order valence-corrected chi connectivity index (χ0v) is 13.4. The second-order valence-corrected chi connectivity index (χ2v) is 5.95. The molecule has 0 radical (unpaired) electrons. The molecule has 1 N–H and O–H groups in total. The largest absolute Gasteiger partial charge is 0.347 e. The van der Waals surface area contributed by atoms with Crippen LogP contribution in [0.25, 0.3) is 0 Å². The van der Waals surface area contributed by atoms with Crippen LogP contribution in [-0.2, 0) is 0 Å². The molecule has 0 heterocycles. The SMILES string of the molecule is CCC(C)(CCCl)NC(=O)c1cccc(Br)c1C. The van der Waals surface area contributed by atoms with Gasteiger partial charge in [0.1, 0.15) is 0 Å². The van der Waals surface area contributed by atoms with Gasteiger partial charge in [-0.15, -0.1) is 11.6 Å². The average Bonchev–Trinajstić information content (AvgIpc) is 2.32. The van der Waals surface area contributed by atoms with Crippen molar-refractivity contribution in [2.45, 2.75) is 39.2 Å². The van der Waals surface area contributed by atoms with E-state index >= 15 is 0 Å². The monoisotopic (exact) mass is 331 g/mol. The first-order valence-corrected chi connectivity index (χ1v) is 7.40. The molecule has 1 amide bonds. The first kappa shape index (κ1) is 15.5. The van der Waals surface area contributed by atoms with Crippen LogP contribution in [0.5, 0.6) is 0 Å². The Balaban J connectivity index is 2.91.